The maximum absolute atomic E-state index is 12.2. The molecule has 0 atom stereocenters. The van der Waals surface area contributed by atoms with Gasteiger partial charge in [-0.3, -0.25) is 9.63 Å². The molecular formula is C16H16ClIN2O2. The summed E-state index contributed by atoms with van der Waals surface area (Å²) in [6.07, 6.45) is 0. The third kappa shape index (κ3) is 4.34. The number of nitrogens with one attached hydrogen (secondary N) is 2. The van der Waals surface area contributed by atoms with E-state index in [1.807, 2.05) is 19.1 Å². The minimum atomic E-state index is -0.338. The fraction of sp³-hybridized carbons (Fsp3) is 0.188. The van der Waals surface area contributed by atoms with E-state index >= 15 is 0 Å². The Hall–Kier alpha value is -1.31. The number of aryl methyl sites for hydroxylation is 1. The van der Waals surface area contributed by atoms with E-state index in [0.29, 0.717) is 22.9 Å². The van der Waals surface area contributed by atoms with Gasteiger partial charge in [0.1, 0.15) is 0 Å². The molecule has 2 N–H and O–H groups in total. The Kier molecular flexibility index (Phi) is 6.05. The average Bonchev–Trinajstić information content (AvgIpc) is 2.49. The topological polar surface area (TPSA) is 50.4 Å². The Morgan fingerprint density at radius 1 is 1.23 bits per heavy atom. The lowest BCUT2D eigenvalue weighted by molar-refractivity contribution is 0.0365. The summed E-state index contributed by atoms with van der Waals surface area (Å²) < 4.78 is 1.16. The van der Waals surface area contributed by atoms with Gasteiger partial charge in [0, 0.05) is 14.3 Å². The first-order valence-corrected chi connectivity index (χ1v) is 8.21. The molecule has 0 fully saturated rings. The van der Waals surface area contributed by atoms with E-state index in [4.69, 9.17) is 16.4 Å². The maximum Gasteiger partial charge on any atom is 0.276 e. The van der Waals surface area contributed by atoms with Crippen LogP contribution in [0.3, 0.4) is 0 Å². The van der Waals surface area contributed by atoms with Gasteiger partial charge in [-0.05, 0) is 78.4 Å². The quantitative estimate of drug-likeness (QED) is 0.535. The van der Waals surface area contributed by atoms with Crippen molar-refractivity contribution >= 4 is 51.5 Å². The number of amides is 1. The fourth-order valence-corrected chi connectivity index (χ4v) is 2.74. The minimum absolute atomic E-state index is 0.338. The van der Waals surface area contributed by atoms with E-state index in [1.165, 1.54) is 0 Å². The second kappa shape index (κ2) is 7.80. The van der Waals surface area contributed by atoms with Gasteiger partial charge < -0.3 is 5.32 Å². The van der Waals surface area contributed by atoms with Gasteiger partial charge in [-0.1, -0.05) is 11.6 Å². The number of rotatable bonds is 5. The molecule has 116 valence electrons. The van der Waals surface area contributed by atoms with Gasteiger partial charge in [-0.2, -0.15) is 0 Å². The SMILES string of the molecule is CCONC(=O)c1cc(Cl)ccc1Nc1ccc(I)cc1C. The van der Waals surface area contributed by atoms with E-state index in [9.17, 15) is 4.79 Å². The number of hydrogen-bond donors (Lipinski definition) is 2. The smallest absolute Gasteiger partial charge is 0.276 e. The zero-order valence-corrected chi connectivity index (χ0v) is 15.2. The molecule has 22 heavy (non-hydrogen) atoms. The second-order valence-electron chi connectivity index (χ2n) is 4.64. The Morgan fingerprint density at radius 3 is 2.64 bits per heavy atom. The van der Waals surface area contributed by atoms with Crippen molar-refractivity contribution in [1.29, 1.82) is 0 Å². The third-order valence-electron chi connectivity index (χ3n) is 2.99. The highest BCUT2D eigenvalue weighted by molar-refractivity contribution is 14.1. The lowest BCUT2D eigenvalue weighted by atomic mass is 10.1. The molecule has 6 heteroatoms. The van der Waals surface area contributed by atoms with Crippen LogP contribution >= 0.6 is 34.2 Å². The largest absolute Gasteiger partial charge is 0.355 e. The third-order valence-corrected chi connectivity index (χ3v) is 3.90. The summed E-state index contributed by atoms with van der Waals surface area (Å²) in [6, 6.07) is 11.2. The van der Waals surface area contributed by atoms with Gasteiger partial charge >= 0.3 is 0 Å². The number of carbonyl (C=O) groups is 1. The number of benzene rings is 2. The van der Waals surface area contributed by atoms with Crippen molar-refractivity contribution in [3.8, 4) is 0 Å². The molecule has 0 radical (unpaired) electrons. The molecule has 2 aromatic rings. The van der Waals surface area contributed by atoms with E-state index in [2.05, 4.69) is 39.5 Å². The molecule has 0 aromatic heterocycles. The van der Waals surface area contributed by atoms with Crippen LogP contribution in [-0.2, 0) is 4.84 Å². The summed E-state index contributed by atoms with van der Waals surface area (Å²) in [7, 11) is 0. The van der Waals surface area contributed by atoms with Crippen molar-refractivity contribution in [3.63, 3.8) is 0 Å². The number of carbonyl (C=O) groups excluding carboxylic acids is 1. The molecule has 0 unspecified atom stereocenters. The van der Waals surface area contributed by atoms with E-state index in [0.717, 1.165) is 14.8 Å². The Balaban J connectivity index is 2.32. The van der Waals surface area contributed by atoms with Crippen LogP contribution < -0.4 is 10.8 Å². The first-order valence-electron chi connectivity index (χ1n) is 6.76. The average molecular weight is 431 g/mol. The van der Waals surface area contributed by atoms with Gasteiger partial charge in [0.25, 0.3) is 5.91 Å². The van der Waals surface area contributed by atoms with Gasteiger partial charge in [0.05, 0.1) is 17.9 Å². The normalized spacial score (nSPS) is 10.4. The molecule has 0 aliphatic rings. The Morgan fingerprint density at radius 2 is 1.95 bits per heavy atom. The highest BCUT2D eigenvalue weighted by Crippen LogP contribution is 2.27. The molecular weight excluding hydrogens is 415 g/mol. The van der Waals surface area contributed by atoms with E-state index in [-0.39, 0.29) is 5.91 Å². The van der Waals surface area contributed by atoms with Gasteiger partial charge in [-0.25, -0.2) is 5.48 Å². The second-order valence-corrected chi connectivity index (χ2v) is 6.32. The maximum atomic E-state index is 12.2. The summed E-state index contributed by atoms with van der Waals surface area (Å²) in [5.74, 6) is -0.338. The zero-order chi connectivity index (χ0) is 16.1. The van der Waals surface area contributed by atoms with Crippen LogP contribution in [0, 0.1) is 10.5 Å². The molecule has 1 amide bonds. The van der Waals surface area contributed by atoms with Crippen LogP contribution in [0.25, 0.3) is 0 Å². The Labute approximate surface area is 148 Å². The first kappa shape index (κ1) is 17.1. The molecule has 2 aromatic carbocycles. The lowest BCUT2D eigenvalue weighted by Gasteiger charge is -2.14. The monoisotopic (exact) mass is 430 g/mol. The summed E-state index contributed by atoms with van der Waals surface area (Å²) in [5, 5.41) is 3.77. The van der Waals surface area contributed by atoms with Crippen LogP contribution in [0.5, 0.6) is 0 Å². The van der Waals surface area contributed by atoms with Gasteiger partial charge in [0.2, 0.25) is 0 Å². The molecule has 0 spiro atoms. The summed E-state index contributed by atoms with van der Waals surface area (Å²) in [6.45, 7) is 4.21. The number of hydroxylamine groups is 1. The van der Waals surface area contributed by atoms with Crippen LogP contribution in [0.4, 0.5) is 11.4 Å². The summed E-state index contributed by atoms with van der Waals surface area (Å²) in [5.41, 5.74) is 5.52. The van der Waals surface area contributed by atoms with Crippen LogP contribution in [0.2, 0.25) is 5.02 Å². The highest BCUT2D eigenvalue weighted by Gasteiger charge is 2.13. The molecule has 0 aliphatic carbocycles. The number of anilines is 2. The van der Waals surface area contributed by atoms with Crippen LogP contribution in [0.1, 0.15) is 22.8 Å². The first-order chi connectivity index (χ1) is 10.5. The standard InChI is InChI=1S/C16H16ClIN2O2/c1-3-22-20-16(21)13-9-11(17)4-6-15(13)19-14-7-5-12(18)8-10(14)2/h4-9,19H,3H2,1-2H3,(H,20,21). The van der Waals surface area contributed by atoms with E-state index < -0.39 is 0 Å². The van der Waals surface area contributed by atoms with Crippen molar-refractivity contribution in [2.75, 3.05) is 11.9 Å². The predicted molar refractivity (Wildman–Crippen MR) is 97.7 cm³/mol. The molecule has 0 aliphatic heterocycles. The molecule has 2 rings (SSSR count). The Bertz CT molecular complexity index is 692. The van der Waals surface area contributed by atoms with Crippen molar-refractivity contribution in [2.24, 2.45) is 0 Å². The van der Waals surface area contributed by atoms with Crippen molar-refractivity contribution in [2.45, 2.75) is 13.8 Å². The van der Waals surface area contributed by atoms with E-state index in [1.54, 1.807) is 25.1 Å². The molecule has 0 heterocycles. The zero-order valence-electron chi connectivity index (χ0n) is 12.2. The predicted octanol–water partition coefficient (Wildman–Crippen LogP) is 4.68. The number of halogens is 2. The molecule has 4 nitrogen and oxygen atoms in total. The van der Waals surface area contributed by atoms with Crippen molar-refractivity contribution < 1.29 is 9.63 Å². The van der Waals surface area contributed by atoms with Crippen LogP contribution in [-0.4, -0.2) is 12.5 Å². The molecule has 0 saturated carbocycles. The summed E-state index contributed by atoms with van der Waals surface area (Å²) in [4.78, 5) is 17.1. The molecule has 0 bridgehead atoms. The van der Waals surface area contributed by atoms with Crippen molar-refractivity contribution in [1.82, 2.24) is 5.48 Å². The minimum Gasteiger partial charge on any atom is -0.355 e. The summed E-state index contributed by atoms with van der Waals surface area (Å²) >= 11 is 8.26. The van der Waals surface area contributed by atoms with Crippen molar-refractivity contribution in [3.05, 3.63) is 56.1 Å². The number of hydrogen-bond acceptors (Lipinski definition) is 3. The van der Waals surface area contributed by atoms with Gasteiger partial charge in [-0.15, -0.1) is 0 Å². The fourth-order valence-electron chi connectivity index (χ4n) is 1.92. The van der Waals surface area contributed by atoms with Crippen LogP contribution in [0.15, 0.2) is 36.4 Å². The lowest BCUT2D eigenvalue weighted by Crippen LogP contribution is -2.24. The highest BCUT2D eigenvalue weighted by atomic mass is 127. The van der Waals surface area contributed by atoms with Gasteiger partial charge in [0.15, 0.2) is 0 Å². The molecule has 0 saturated heterocycles.